The second-order valence-corrected chi connectivity index (χ2v) is 6.01. The molecule has 0 aliphatic rings. The van der Waals surface area contributed by atoms with Gasteiger partial charge in [-0.25, -0.2) is 0 Å². The molecule has 0 radical (unpaired) electrons. The van der Waals surface area contributed by atoms with Crippen molar-refractivity contribution in [3.05, 3.63) is 22.4 Å². The molecule has 1 heterocycles. The first-order valence-electron chi connectivity index (χ1n) is 5.80. The summed E-state index contributed by atoms with van der Waals surface area (Å²) in [5, 5.41) is 11.0. The summed E-state index contributed by atoms with van der Waals surface area (Å²) in [6.07, 6.45) is 0.746. The fourth-order valence-corrected chi connectivity index (χ4v) is 2.42. The van der Waals surface area contributed by atoms with Gasteiger partial charge in [-0.05, 0) is 32.2 Å². The Hall–Kier alpha value is -1.36. The number of likely N-dealkylation sites (N-methyl/N-ethyl adjacent to an activating group) is 1. The minimum absolute atomic E-state index is 0.0187. The lowest BCUT2D eigenvalue weighted by molar-refractivity contribution is -0.158. The van der Waals surface area contributed by atoms with Crippen LogP contribution >= 0.6 is 11.3 Å². The zero-order chi connectivity index (χ0) is 13.9. The predicted octanol–water partition coefficient (Wildman–Crippen LogP) is 2.25. The second kappa shape index (κ2) is 5.52. The van der Waals surface area contributed by atoms with Crippen molar-refractivity contribution in [2.45, 2.75) is 33.2 Å². The number of carboxylic acids is 1. The minimum Gasteiger partial charge on any atom is -0.480 e. The lowest BCUT2D eigenvalue weighted by Crippen LogP contribution is -2.47. The van der Waals surface area contributed by atoms with E-state index >= 15 is 0 Å². The molecule has 1 atom stereocenters. The molecule has 0 aliphatic carbocycles. The summed E-state index contributed by atoms with van der Waals surface area (Å²) in [4.78, 5) is 25.9. The van der Waals surface area contributed by atoms with Crippen LogP contribution in [0.2, 0.25) is 0 Å². The number of rotatable bonds is 5. The van der Waals surface area contributed by atoms with Gasteiger partial charge in [0, 0.05) is 24.4 Å². The van der Waals surface area contributed by atoms with Crippen LogP contribution in [0.1, 0.15) is 25.6 Å². The largest absolute Gasteiger partial charge is 0.480 e. The maximum Gasteiger partial charge on any atom is 0.318 e. The summed E-state index contributed by atoms with van der Waals surface area (Å²) in [6, 6.07) is 3.96. The Morgan fingerprint density at radius 3 is 2.56 bits per heavy atom. The maximum absolute atomic E-state index is 12.1. The summed E-state index contributed by atoms with van der Waals surface area (Å²) < 4.78 is 0. The standard InChI is InChI=1S/C13H19NO3S/c1-9(8-10-6-5-7-18-10)14(4)11(15)13(2,3)12(16)17/h5-7,9H,8H2,1-4H3,(H,16,17). The lowest BCUT2D eigenvalue weighted by Gasteiger charge is -2.30. The zero-order valence-corrected chi connectivity index (χ0v) is 12.0. The highest BCUT2D eigenvalue weighted by atomic mass is 32.1. The van der Waals surface area contributed by atoms with E-state index in [0.29, 0.717) is 0 Å². The van der Waals surface area contributed by atoms with Crippen molar-refractivity contribution in [3.63, 3.8) is 0 Å². The fraction of sp³-hybridized carbons (Fsp3) is 0.538. The van der Waals surface area contributed by atoms with Gasteiger partial charge in [-0.1, -0.05) is 6.07 Å². The fourth-order valence-electron chi connectivity index (χ4n) is 1.59. The molecule has 0 saturated heterocycles. The van der Waals surface area contributed by atoms with Gasteiger partial charge in [0.2, 0.25) is 5.91 Å². The van der Waals surface area contributed by atoms with Crippen LogP contribution in [-0.4, -0.2) is 35.0 Å². The van der Waals surface area contributed by atoms with E-state index in [-0.39, 0.29) is 11.9 Å². The Morgan fingerprint density at radius 1 is 1.50 bits per heavy atom. The molecule has 0 fully saturated rings. The van der Waals surface area contributed by atoms with Crippen LogP contribution in [0, 0.1) is 5.41 Å². The molecular weight excluding hydrogens is 250 g/mol. The van der Waals surface area contributed by atoms with Crippen molar-refractivity contribution < 1.29 is 14.7 Å². The van der Waals surface area contributed by atoms with Crippen LogP contribution in [0.5, 0.6) is 0 Å². The highest BCUT2D eigenvalue weighted by Crippen LogP contribution is 2.21. The molecule has 4 nitrogen and oxygen atoms in total. The molecular formula is C13H19NO3S. The summed E-state index contributed by atoms with van der Waals surface area (Å²) >= 11 is 1.64. The van der Waals surface area contributed by atoms with Crippen molar-refractivity contribution in [2.75, 3.05) is 7.05 Å². The Morgan fingerprint density at radius 2 is 2.11 bits per heavy atom. The molecule has 0 aliphatic heterocycles. The van der Waals surface area contributed by atoms with Gasteiger partial charge in [0.05, 0.1) is 0 Å². The van der Waals surface area contributed by atoms with Gasteiger partial charge in [0.25, 0.3) is 0 Å². The van der Waals surface area contributed by atoms with E-state index < -0.39 is 11.4 Å². The third kappa shape index (κ3) is 3.10. The summed E-state index contributed by atoms with van der Waals surface area (Å²) in [5.74, 6) is -1.46. The van der Waals surface area contributed by atoms with E-state index in [0.717, 1.165) is 6.42 Å². The van der Waals surface area contributed by atoms with Crippen LogP contribution in [0.3, 0.4) is 0 Å². The number of nitrogens with zero attached hydrogens (tertiary/aromatic N) is 1. The van der Waals surface area contributed by atoms with E-state index in [4.69, 9.17) is 5.11 Å². The van der Waals surface area contributed by atoms with E-state index in [1.165, 1.54) is 23.6 Å². The third-order valence-electron chi connectivity index (χ3n) is 3.13. The van der Waals surface area contributed by atoms with Crippen molar-refractivity contribution >= 4 is 23.2 Å². The Kier molecular flexibility index (Phi) is 4.51. The maximum atomic E-state index is 12.1. The number of aliphatic carboxylic acids is 1. The number of carbonyl (C=O) groups is 2. The van der Waals surface area contributed by atoms with Crippen LogP contribution in [0.4, 0.5) is 0 Å². The van der Waals surface area contributed by atoms with Gasteiger partial charge in [-0.15, -0.1) is 11.3 Å². The van der Waals surface area contributed by atoms with E-state index in [2.05, 4.69) is 0 Å². The molecule has 1 unspecified atom stereocenters. The second-order valence-electron chi connectivity index (χ2n) is 4.98. The molecule has 0 saturated carbocycles. The van der Waals surface area contributed by atoms with Crippen molar-refractivity contribution in [2.24, 2.45) is 5.41 Å². The van der Waals surface area contributed by atoms with Crippen molar-refractivity contribution in [3.8, 4) is 0 Å². The van der Waals surface area contributed by atoms with E-state index in [9.17, 15) is 9.59 Å². The molecule has 0 aromatic carbocycles. The van der Waals surface area contributed by atoms with Gasteiger partial charge in [-0.3, -0.25) is 9.59 Å². The Balaban J connectivity index is 2.72. The van der Waals surface area contributed by atoms with Crippen LogP contribution < -0.4 is 0 Å². The zero-order valence-electron chi connectivity index (χ0n) is 11.1. The molecule has 100 valence electrons. The lowest BCUT2D eigenvalue weighted by atomic mass is 9.91. The molecule has 0 spiro atoms. The van der Waals surface area contributed by atoms with E-state index in [1.54, 1.807) is 18.4 Å². The molecule has 0 bridgehead atoms. The SMILES string of the molecule is CC(Cc1cccs1)N(C)C(=O)C(C)(C)C(=O)O. The molecule has 1 aromatic heterocycles. The predicted molar refractivity (Wildman–Crippen MR) is 71.7 cm³/mol. The average Bonchev–Trinajstić information content (AvgIpc) is 2.79. The number of thiophene rings is 1. The smallest absolute Gasteiger partial charge is 0.318 e. The van der Waals surface area contributed by atoms with Crippen LogP contribution in [-0.2, 0) is 16.0 Å². The topological polar surface area (TPSA) is 57.6 Å². The van der Waals surface area contributed by atoms with Gasteiger partial charge < -0.3 is 10.0 Å². The van der Waals surface area contributed by atoms with E-state index in [1.807, 2.05) is 24.4 Å². The molecule has 5 heteroatoms. The Labute approximate surface area is 111 Å². The normalized spacial score (nSPS) is 13.1. The number of carboxylic acid groups (broad SMARTS) is 1. The quantitative estimate of drug-likeness (QED) is 0.834. The monoisotopic (exact) mass is 269 g/mol. The first kappa shape index (κ1) is 14.7. The average molecular weight is 269 g/mol. The number of carbonyl (C=O) groups excluding carboxylic acids is 1. The van der Waals surface area contributed by atoms with Crippen molar-refractivity contribution in [1.29, 1.82) is 0 Å². The number of amides is 1. The van der Waals surface area contributed by atoms with Crippen molar-refractivity contribution in [1.82, 2.24) is 4.90 Å². The molecule has 1 amide bonds. The number of hydrogen-bond acceptors (Lipinski definition) is 3. The highest BCUT2D eigenvalue weighted by Gasteiger charge is 2.39. The van der Waals surface area contributed by atoms with Gasteiger partial charge >= 0.3 is 5.97 Å². The number of hydrogen-bond donors (Lipinski definition) is 1. The van der Waals surface area contributed by atoms with Gasteiger partial charge in [0.1, 0.15) is 5.41 Å². The van der Waals surface area contributed by atoms with Crippen LogP contribution in [0.25, 0.3) is 0 Å². The summed E-state index contributed by atoms with van der Waals surface area (Å²) in [5.41, 5.74) is -1.38. The van der Waals surface area contributed by atoms with Gasteiger partial charge in [-0.2, -0.15) is 0 Å². The molecule has 1 aromatic rings. The minimum atomic E-state index is -1.38. The molecule has 18 heavy (non-hydrogen) atoms. The van der Waals surface area contributed by atoms with Gasteiger partial charge in [0.15, 0.2) is 0 Å². The Bertz CT molecular complexity index is 425. The first-order chi connectivity index (χ1) is 8.26. The summed E-state index contributed by atoms with van der Waals surface area (Å²) in [7, 11) is 1.66. The van der Waals surface area contributed by atoms with Crippen LogP contribution in [0.15, 0.2) is 17.5 Å². The molecule has 1 rings (SSSR count). The highest BCUT2D eigenvalue weighted by molar-refractivity contribution is 7.09. The summed E-state index contributed by atoms with van der Waals surface area (Å²) in [6.45, 7) is 4.80. The third-order valence-corrected chi connectivity index (χ3v) is 4.03. The first-order valence-corrected chi connectivity index (χ1v) is 6.67. The molecule has 1 N–H and O–H groups in total.